The molecule has 0 amide bonds. The van der Waals surface area contributed by atoms with Crippen LogP contribution < -0.4 is 0 Å². The fourth-order valence-electron chi connectivity index (χ4n) is 3.32. The van der Waals surface area contributed by atoms with Crippen LogP contribution in [0.1, 0.15) is 29.9 Å². The summed E-state index contributed by atoms with van der Waals surface area (Å²) in [6.07, 6.45) is 4.86. The Bertz CT molecular complexity index is 931. The lowest BCUT2D eigenvalue weighted by Crippen LogP contribution is -2.43. The van der Waals surface area contributed by atoms with E-state index in [1.54, 1.807) is 19.9 Å². The largest absolute Gasteiger partial charge is 0.461 e. The zero-order valence-corrected chi connectivity index (χ0v) is 16.8. The highest BCUT2D eigenvalue weighted by Gasteiger charge is 2.36. The van der Waals surface area contributed by atoms with Gasteiger partial charge in [-0.15, -0.1) is 0 Å². The van der Waals surface area contributed by atoms with E-state index < -0.39 is 15.9 Å². The molecule has 1 aliphatic rings. The van der Waals surface area contributed by atoms with Crippen molar-refractivity contribution in [1.29, 1.82) is 0 Å². The fourth-order valence-corrected chi connectivity index (χ4v) is 5.14. The molecule has 7 nitrogen and oxygen atoms in total. The molecule has 3 rings (SSSR count). The van der Waals surface area contributed by atoms with Crippen LogP contribution in [0.25, 0.3) is 6.08 Å². The van der Waals surface area contributed by atoms with Gasteiger partial charge in [0.25, 0.3) is 0 Å². The summed E-state index contributed by atoms with van der Waals surface area (Å²) in [7, 11) is -3.75. The van der Waals surface area contributed by atoms with Crippen molar-refractivity contribution in [3.8, 4) is 0 Å². The molecule has 1 aromatic heterocycles. The molecule has 8 heteroatoms. The van der Waals surface area contributed by atoms with E-state index in [0.717, 1.165) is 5.56 Å². The van der Waals surface area contributed by atoms with E-state index in [1.807, 2.05) is 36.4 Å². The maximum atomic E-state index is 12.9. The van der Waals surface area contributed by atoms with Crippen LogP contribution in [0.4, 0.5) is 0 Å². The molecule has 2 heterocycles. The lowest BCUT2D eigenvalue weighted by Gasteiger charge is -2.30. The number of piperidine rings is 1. The van der Waals surface area contributed by atoms with Gasteiger partial charge in [-0.25, -0.2) is 8.42 Å². The van der Waals surface area contributed by atoms with E-state index >= 15 is 0 Å². The number of ether oxygens (including phenoxy) is 1. The van der Waals surface area contributed by atoms with Crippen LogP contribution in [0.5, 0.6) is 0 Å². The molecule has 0 spiro atoms. The van der Waals surface area contributed by atoms with Crippen molar-refractivity contribution in [2.75, 3.05) is 19.7 Å². The zero-order chi connectivity index (χ0) is 20.1. The first-order valence-electron chi connectivity index (χ1n) is 9.21. The second-order valence-electron chi connectivity index (χ2n) is 6.80. The third kappa shape index (κ3) is 4.51. The predicted molar refractivity (Wildman–Crippen MR) is 104 cm³/mol. The molecule has 1 fully saturated rings. The van der Waals surface area contributed by atoms with Crippen molar-refractivity contribution in [3.63, 3.8) is 0 Å². The Morgan fingerprint density at radius 2 is 2.07 bits per heavy atom. The molecule has 28 heavy (non-hydrogen) atoms. The monoisotopic (exact) mass is 404 g/mol. The zero-order valence-electron chi connectivity index (χ0n) is 16.0. The minimum Gasteiger partial charge on any atom is -0.461 e. The number of benzene rings is 1. The van der Waals surface area contributed by atoms with Crippen LogP contribution in [0, 0.1) is 19.8 Å². The molecule has 150 valence electrons. The van der Waals surface area contributed by atoms with Crippen LogP contribution in [0.3, 0.4) is 0 Å². The lowest BCUT2D eigenvalue weighted by molar-refractivity contribution is -0.148. The Morgan fingerprint density at radius 1 is 1.32 bits per heavy atom. The van der Waals surface area contributed by atoms with Crippen molar-refractivity contribution in [2.45, 2.75) is 31.6 Å². The first-order chi connectivity index (χ1) is 13.4. The number of rotatable bonds is 6. The van der Waals surface area contributed by atoms with E-state index in [9.17, 15) is 13.2 Å². The normalized spacial score (nSPS) is 18.4. The molecule has 1 aliphatic heterocycles. The van der Waals surface area contributed by atoms with Gasteiger partial charge in [0.1, 0.15) is 17.2 Å². The van der Waals surface area contributed by atoms with Crippen molar-refractivity contribution in [1.82, 2.24) is 9.46 Å². The number of nitrogens with zero attached hydrogens (tertiary/aromatic N) is 2. The van der Waals surface area contributed by atoms with Gasteiger partial charge in [0.2, 0.25) is 10.0 Å². The number of hydrogen-bond donors (Lipinski definition) is 0. The molecule has 1 aromatic carbocycles. The number of hydrogen-bond acceptors (Lipinski definition) is 6. The van der Waals surface area contributed by atoms with Crippen LogP contribution in [-0.4, -0.2) is 43.5 Å². The van der Waals surface area contributed by atoms with Gasteiger partial charge in [0.15, 0.2) is 5.76 Å². The Hall–Kier alpha value is -2.45. The summed E-state index contributed by atoms with van der Waals surface area (Å²) in [4.78, 5) is 12.5. The maximum Gasteiger partial charge on any atom is 0.310 e. The van der Waals surface area contributed by atoms with Crippen LogP contribution in [0.15, 0.2) is 45.8 Å². The molecule has 0 bridgehead atoms. The van der Waals surface area contributed by atoms with Gasteiger partial charge < -0.3 is 9.26 Å². The number of carbonyl (C=O) groups excluding carboxylic acids is 1. The molecule has 1 atom stereocenters. The van der Waals surface area contributed by atoms with E-state index in [-0.39, 0.29) is 29.8 Å². The Labute approximate surface area is 165 Å². The SMILES string of the molecule is Cc1noc(C)c1S(=O)(=O)N1CCCC(C(=O)OC/C=C/c2ccccc2)C1. The molecule has 1 saturated heterocycles. The smallest absolute Gasteiger partial charge is 0.310 e. The fraction of sp³-hybridized carbons (Fsp3) is 0.400. The third-order valence-corrected chi connectivity index (χ3v) is 6.83. The average Bonchev–Trinajstić information content (AvgIpc) is 3.05. The van der Waals surface area contributed by atoms with Gasteiger partial charge in [0.05, 0.1) is 5.92 Å². The van der Waals surface area contributed by atoms with E-state index in [0.29, 0.717) is 25.1 Å². The molecule has 0 saturated carbocycles. The minimum absolute atomic E-state index is 0.0901. The Balaban J connectivity index is 1.60. The van der Waals surface area contributed by atoms with Crippen molar-refractivity contribution >= 4 is 22.1 Å². The van der Waals surface area contributed by atoms with Gasteiger partial charge in [0, 0.05) is 13.1 Å². The summed E-state index contributed by atoms with van der Waals surface area (Å²) in [6, 6.07) is 9.71. The summed E-state index contributed by atoms with van der Waals surface area (Å²) in [5.41, 5.74) is 1.35. The number of aryl methyl sites for hydroxylation is 2. The first kappa shape index (κ1) is 20.3. The first-order valence-corrected chi connectivity index (χ1v) is 10.6. The second-order valence-corrected chi connectivity index (χ2v) is 8.67. The molecule has 2 aromatic rings. The second kappa shape index (κ2) is 8.70. The van der Waals surface area contributed by atoms with Crippen LogP contribution in [0.2, 0.25) is 0 Å². The molecular formula is C20H24N2O5S. The van der Waals surface area contributed by atoms with Crippen LogP contribution in [-0.2, 0) is 19.6 Å². The van der Waals surface area contributed by atoms with Crippen molar-refractivity contribution < 1.29 is 22.5 Å². The number of sulfonamides is 1. The highest BCUT2D eigenvalue weighted by atomic mass is 32.2. The van der Waals surface area contributed by atoms with Crippen molar-refractivity contribution in [2.24, 2.45) is 5.92 Å². The van der Waals surface area contributed by atoms with Gasteiger partial charge in [-0.3, -0.25) is 4.79 Å². The molecule has 0 radical (unpaired) electrons. The summed E-state index contributed by atoms with van der Waals surface area (Å²) in [5.74, 6) is -0.598. The van der Waals surface area contributed by atoms with E-state index in [1.165, 1.54) is 4.31 Å². The quantitative estimate of drug-likeness (QED) is 0.688. The molecule has 0 N–H and O–H groups in total. The standard InChI is InChI=1S/C20H24N2O5S/c1-15-19(16(2)27-21-15)28(24,25)22-12-6-11-18(14-22)20(23)26-13-7-10-17-8-4-3-5-9-17/h3-5,7-10,18H,6,11-14H2,1-2H3/b10-7+. The third-order valence-electron chi connectivity index (χ3n) is 4.71. The van der Waals surface area contributed by atoms with Gasteiger partial charge in [-0.05, 0) is 38.3 Å². The van der Waals surface area contributed by atoms with E-state index in [4.69, 9.17) is 9.26 Å². The van der Waals surface area contributed by atoms with E-state index in [2.05, 4.69) is 5.16 Å². The summed E-state index contributed by atoms with van der Waals surface area (Å²) in [6.45, 7) is 3.79. The maximum absolute atomic E-state index is 12.9. The van der Waals surface area contributed by atoms with Crippen LogP contribution >= 0.6 is 0 Å². The highest BCUT2D eigenvalue weighted by molar-refractivity contribution is 7.89. The van der Waals surface area contributed by atoms with Gasteiger partial charge in [-0.1, -0.05) is 41.6 Å². The number of esters is 1. The summed E-state index contributed by atoms with van der Waals surface area (Å²) < 4.78 is 37.5. The number of aromatic nitrogens is 1. The summed E-state index contributed by atoms with van der Waals surface area (Å²) in [5, 5.41) is 3.73. The van der Waals surface area contributed by atoms with Gasteiger partial charge >= 0.3 is 5.97 Å². The minimum atomic E-state index is -3.75. The topological polar surface area (TPSA) is 89.7 Å². The lowest BCUT2D eigenvalue weighted by atomic mass is 10.00. The Kier molecular flexibility index (Phi) is 6.31. The Morgan fingerprint density at radius 3 is 2.75 bits per heavy atom. The highest BCUT2D eigenvalue weighted by Crippen LogP contribution is 2.28. The molecular weight excluding hydrogens is 380 g/mol. The summed E-state index contributed by atoms with van der Waals surface area (Å²) >= 11 is 0. The predicted octanol–water partition coefficient (Wildman–Crippen LogP) is 2.95. The number of carbonyl (C=O) groups is 1. The molecule has 0 aliphatic carbocycles. The average molecular weight is 404 g/mol. The van der Waals surface area contributed by atoms with Crippen molar-refractivity contribution in [3.05, 3.63) is 53.4 Å². The molecule has 1 unspecified atom stereocenters. The van der Waals surface area contributed by atoms with Gasteiger partial charge in [-0.2, -0.15) is 4.31 Å².